The van der Waals surface area contributed by atoms with Gasteiger partial charge in [0.2, 0.25) is 0 Å². The molecule has 198 valence electrons. The van der Waals surface area contributed by atoms with Crippen molar-refractivity contribution in [3.05, 3.63) is 72.1 Å². The summed E-state index contributed by atoms with van der Waals surface area (Å²) >= 11 is 0. The highest BCUT2D eigenvalue weighted by molar-refractivity contribution is 5.94. The zero-order valence-corrected chi connectivity index (χ0v) is 21.7. The second-order valence-corrected chi connectivity index (χ2v) is 10.0. The number of hydrogen-bond acceptors (Lipinski definition) is 5. The van der Waals surface area contributed by atoms with Gasteiger partial charge in [0.25, 0.3) is 6.43 Å². The van der Waals surface area contributed by atoms with Crippen molar-refractivity contribution in [3.8, 4) is 28.4 Å². The summed E-state index contributed by atoms with van der Waals surface area (Å²) in [5.41, 5.74) is 5.13. The highest BCUT2D eigenvalue weighted by Gasteiger charge is 2.23. The Kier molecular flexibility index (Phi) is 6.45. The van der Waals surface area contributed by atoms with Crippen molar-refractivity contribution in [2.75, 3.05) is 26.7 Å². The largest absolute Gasteiger partial charge is 0.464 e. The Hall–Kier alpha value is -4.36. The topological polar surface area (TPSA) is 64.8 Å². The van der Waals surface area contributed by atoms with Crippen LogP contribution >= 0.6 is 0 Å². The third kappa shape index (κ3) is 4.59. The Morgan fingerprint density at radius 1 is 1.10 bits per heavy atom. The lowest BCUT2D eigenvalue weighted by atomic mass is 9.99. The minimum absolute atomic E-state index is 0.279. The molecule has 6 rings (SSSR count). The van der Waals surface area contributed by atoms with E-state index in [2.05, 4.69) is 26.8 Å². The van der Waals surface area contributed by atoms with Gasteiger partial charge >= 0.3 is 6.01 Å². The van der Waals surface area contributed by atoms with Gasteiger partial charge in [-0.3, -0.25) is 4.40 Å². The first kappa shape index (κ1) is 24.9. The number of piperidine rings is 1. The predicted molar refractivity (Wildman–Crippen MR) is 145 cm³/mol. The van der Waals surface area contributed by atoms with Gasteiger partial charge in [-0.15, -0.1) is 0 Å². The van der Waals surface area contributed by atoms with Crippen LogP contribution in [0.3, 0.4) is 0 Å². The van der Waals surface area contributed by atoms with Gasteiger partial charge in [-0.05, 0) is 49.7 Å². The minimum atomic E-state index is -2.68. The molecule has 0 spiro atoms. The molecular weight excluding hydrogens is 500 g/mol. The van der Waals surface area contributed by atoms with E-state index in [-0.39, 0.29) is 5.82 Å². The molecule has 5 aromatic rings. The SMILES string of the molecule is [C-]#[N+]c1ccc(-c2nc(OC[C@@H]3CCCN(C)C3)n3ccnc3c2-c2ccc3c(c2)nc(C(F)F)n3C)cc1. The first-order valence-corrected chi connectivity index (χ1v) is 12.8. The van der Waals surface area contributed by atoms with E-state index in [0.717, 1.165) is 42.6 Å². The molecule has 2 aromatic carbocycles. The molecule has 10 heteroatoms. The Balaban J connectivity index is 1.50. The normalized spacial score (nSPS) is 16.3. The monoisotopic (exact) mass is 527 g/mol. The van der Waals surface area contributed by atoms with Crippen LogP contribution in [0, 0.1) is 12.5 Å². The number of aromatic nitrogens is 5. The smallest absolute Gasteiger partial charge is 0.302 e. The maximum absolute atomic E-state index is 13.5. The molecule has 1 atom stereocenters. The van der Waals surface area contributed by atoms with Gasteiger partial charge in [0, 0.05) is 31.9 Å². The number of aryl methyl sites for hydroxylation is 1. The summed E-state index contributed by atoms with van der Waals surface area (Å²) in [6, 6.07) is 13.1. The van der Waals surface area contributed by atoms with Crippen LogP contribution < -0.4 is 4.74 Å². The Morgan fingerprint density at radius 3 is 2.64 bits per heavy atom. The van der Waals surface area contributed by atoms with E-state index in [4.69, 9.17) is 16.3 Å². The van der Waals surface area contributed by atoms with Crippen LogP contribution in [0.25, 0.3) is 43.9 Å². The number of ether oxygens (including phenoxy) is 1. The summed E-state index contributed by atoms with van der Waals surface area (Å²) < 4.78 is 36.6. The van der Waals surface area contributed by atoms with Crippen molar-refractivity contribution in [1.29, 1.82) is 0 Å². The van der Waals surface area contributed by atoms with Gasteiger partial charge in [-0.25, -0.2) is 23.6 Å². The molecule has 39 heavy (non-hydrogen) atoms. The van der Waals surface area contributed by atoms with E-state index in [1.165, 1.54) is 4.57 Å². The van der Waals surface area contributed by atoms with Crippen LogP contribution in [0.4, 0.5) is 14.5 Å². The molecule has 1 aliphatic heterocycles. The summed E-state index contributed by atoms with van der Waals surface area (Å²) in [6.45, 7) is 9.93. The molecule has 0 radical (unpaired) electrons. The summed E-state index contributed by atoms with van der Waals surface area (Å²) in [7, 11) is 3.71. The molecular formula is C29H27F2N7O. The van der Waals surface area contributed by atoms with E-state index in [1.54, 1.807) is 37.5 Å². The maximum atomic E-state index is 13.5. The van der Waals surface area contributed by atoms with Crippen LogP contribution in [-0.4, -0.2) is 55.6 Å². The molecule has 0 saturated carbocycles. The zero-order chi connectivity index (χ0) is 27.1. The average molecular weight is 528 g/mol. The number of rotatable bonds is 6. The van der Waals surface area contributed by atoms with E-state index in [0.29, 0.717) is 46.6 Å². The molecule has 0 amide bonds. The molecule has 1 fully saturated rings. The summed E-state index contributed by atoms with van der Waals surface area (Å²) in [6.07, 6.45) is 3.07. The standard InChI is InChI=1S/C29H27F2N7O/c1-32-21-9-6-19(7-10-21)25-24(20-8-11-23-22(15-20)34-28(26(30)31)37(23)3)27-33-12-14-38(27)29(35-25)39-17-18-5-4-13-36(2)16-18/h6-12,14-15,18,26H,4-5,13,16-17H2,2-3H3/t18-/m1/s1. The first-order chi connectivity index (χ1) is 18.9. The molecule has 1 aliphatic rings. The quantitative estimate of drug-likeness (QED) is 0.248. The van der Waals surface area contributed by atoms with Gasteiger partial charge in [0.05, 0.1) is 35.5 Å². The molecule has 0 N–H and O–H groups in total. The lowest BCUT2D eigenvalue weighted by molar-refractivity contribution is 0.137. The number of hydrogen-bond donors (Lipinski definition) is 0. The van der Waals surface area contributed by atoms with Crippen LogP contribution in [0.5, 0.6) is 6.01 Å². The third-order valence-electron chi connectivity index (χ3n) is 7.35. The highest BCUT2D eigenvalue weighted by Crippen LogP contribution is 2.38. The van der Waals surface area contributed by atoms with Gasteiger partial charge in [-0.2, -0.15) is 4.98 Å². The van der Waals surface area contributed by atoms with Crippen LogP contribution in [0.15, 0.2) is 54.9 Å². The molecule has 1 saturated heterocycles. The molecule has 8 nitrogen and oxygen atoms in total. The number of benzene rings is 2. The molecule has 4 heterocycles. The van der Waals surface area contributed by atoms with E-state index in [9.17, 15) is 8.78 Å². The van der Waals surface area contributed by atoms with Crippen molar-refractivity contribution < 1.29 is 13.5 Å². The fraction of sp³-hybridized carbons (Fsp3) is 0.310. The second-order valence-electron chi connectivity index (χ2n) is 10.0. The summed E-state index contributed by atoms with van der Waals surface area (Å²) in [4.78, 5) is 19.6. The van der Waals surface area contributed by atoms with Gasteiger partial charge in [-0.1, -0.05) is 30.3 Å². The summed E-state index contributed by atoms with van der Waals surface area (Å²) in [5, 5.41) is 0. The fourth-order valence-corrected chi connectivity index (χ4v) is 5.40. The van der Waals surface area contributed by atoms with Crippen molar-refractivity contribution in [1.82, 2.24) is 28.8 Å². The molecule has 0 bridgehead atoms. The van der Waals surface area contributed by atoms with Gasteiger partial charge in [0.1, 0.15) is 0 Å². The van der Waals surface area contributed by atoms with Crippen molar-refractivity contribution in [2.45, 2.75) is 19.3 Å². The van der Waals surface area contributed by atoms with Crippen molar-refractivity contribution in [3.63, 3.8) is 0 Å². The number of imidazole rings is 2. The Bertz CT molecular complexity index is 1700. The van der Waals surface area contributed by atoms with E-state index in [1.807, 2.05) is 28.8 Å². The molecule has 3 aromatic heterocycles. The highest BCUT2D eigenvalue weighted by atomic mass is 19.3. The fourth-order valence-electron chi connectivity index (χ4n) is 5.40. The average Bonchev–Trinajstić information content (AvgIpc) is 3.56. The van der Waals surface area contributed by atoms with Gasteiger partial charge in [0.15, 0.2) is 17.2 Å². The van der Waals surface area contributed by atoms with E-state index < -0.39 is 6.43 Å². The summed E-state index contributed by atoms with van der Waals surface area (Å²) in [5.74, 6) is 0.124. The number of likely N-dealkylation sites (tertiary alicyclic amines) is 1. The number of nitrogens with zero attached hydrogens (tertiary/aromatic N) is 7. The Morgan fingerprint density at radius 2 is 1.90 bits per heavy atom. The predicted octanol–water partition coefficient (Wildman–Crippen LogP) is 6.16. The van der Waals surface area contributed by atoms with Crippen molar-refractivity contribution in [2.24, 2.45) is 13.0 Å². The number of alkyl halides is 2. The van der Waals surface area contributed by atoms with Crippen LogP contribution in [0.2, 0.25) is 0 Å². The minimum Gasteiger partial charge on any atom is -0.464 e. The molecule has 0 aliphatic carbocycles. The second kappa shape index (κ2) is 10.1. The van der Waals surface area contributed by atoms with Gasteiger partial charge < -0.3 is 14.2 Å². The first-order valence-electron chi connectivity index (χ1n) is 12.8. The third-order valence-corrected chi connectivity index (χ3v) is 7.35. The lowest BCUT2D eigenvalue weighted by Crippen LogP contribution is -2.35. The lowest BCUT2D eigenvalue weighted by Gasteiger charge is -2.29. The number of halogens is 2. The zero-order valence-electron chi connectivity index (χ0n) is 21.7. The number of fused-ring (bicyclic) bond motifs is 2. The Labute approximate surface area is 224 Å². The maximum Gasteiger partial charge on any atom is 0.302 e. The van der Waals surface area contributed by atoms with Crippen molar-refractivity contribution >= 4 is 22.4 Å². The molecule has 0 unspecified atom stereocenters. The van der Waals surface area contributed by atoms with Crippen LogP contribution in [-0.2, 0) is 7.05 Å². The van der Waals surface area contributed by atoms with E-state index >= 15 is 0 Å². The van der Waals surface area contributed by atoms with Crippen LogP contribution in [0.1, 0.15) is 25.1 Å².